The van der Waals surface area contributed by atoms with Crippen molar-refractivity contribution in [2.24, 2.45) is 0 Å². The molecule has 2 aliphatic rings. The molecule has 3 heterocycles. The molecule has 0 spiro atoms. The number of aliphatic hydroxyl groups is 1. The van der Waals surface area contributed by atoms with Gasteiger partial charge >= 0.3 is 12.5 Å². The Labute approximate surface area is 341 Å². The molecule has 0 aliphatic carbocycles. The first-order valence-corrected chi connectivity index (χ1v) is 21.9. The second-order valence-electron chi connectivity index (χ2n) is 14.2. The predicted molar refractivity (Wildman–Crippen MR) is 221 cm³/mol. The van der Waals surface area contributed by atoms with Gasteiger partial charge in [0.15, 0.2) is 0 Å². The molecule has 2 fully saturated rings. The van der Waals surface area contributed by atoms with E-state index in [0.717, 1.165) is 28.1 Å². The van der Waals surface area contributed by atoms with E-state index in [-0.39, 0.29) is 25.6 Å². The Morgan fingerprint density at radius 1 is 0.828 bits per heavy atom. The topological polar surface area (TPSA) is 157 Å². The standard InChI is InChI=1S/C42H46BN2O11PS/c1-27-24-45(41(48)44-40(27)47)39-22-34(46)36(55-39)26-53-57(49,58-33-12-8-5-9-13-33)56-35-23-38(43)54-37(35)25-52-42(28-10-6-4-7-11-28,29-14-18-31(50-2)19-15-29)30-16-20-32(51-3)21-17-30/h4-21,24,34-39,46H,22-23,25-26,43H2,1-3H3,(H,44,47,48)/t34-,35-,36-,37-,38-,39-,57?/m1/s1. The van der Waals surface area contributed by atoms with Gasteiger partial charge in [0.2, 0.25) is 0 Å². The molecule has 7 rings (SSSR count). The number of methoxy groups -OCH3 is 2. The Hall–Kier alpha value is -4.44. The lowest BCUT2D eigenvalue weighted by molar-refractivity contribution is -0.0726. The first kappa shape index (κ1) is 41.7. The second kappa shape index (κ2) is 18.2. The normalized spacial score (nSPS) is 23.0. The lowest BCUT2D eigenvalue weighted by Gasteiger charge is -2.37. The van der Waals surface area contributed by atoms with Gasteiger partial charge in [-0.2, -0.15) is 0 Å². The number of ether oxygens (including phenoxy) is 5. The molecule has 1 unspecified atom stereocenters. The van der Waals surface area contributed by atoms with E-state index in [1.54, 1.807) is 33.3 Å². The summed E-state index contributed by atoms with van der Waals surface area (Å²) in [6.45, 7) is -2.75. The highest BCUT2D eigenvalue weighted by atomic mass is 32.7. The molecule has 0 amide bonds. The van der Waals surface area contributed by atoms with Crippen LogP contribution in [0.15, 0.2) is 130 Å². The lowest BCUT2D eigenvalue weighted by atomic mass is 9.80. The number of H-pyrrole nitrogens is 1. The number of aromatic nitrogens is 2. The van der Waals surface area contributed by atoms with E-state index in [1.165, 1.54) is 10.8 Å². The number of rotatable bonds is 16. The Balaban J connectivity index is 1.16. The van der Waals surface area contributed by atoms with E-state index in [2.05, 4.69) is 4.98 Å². The van der Waals surface area contributed by atoms with Gasteiger partial charge < -0.3 is 28.8 Å². The molecule has 2 aliphatic heterocycles. The first-order valence-electron chi connectivity index (χ1n) is 19.0. The van der Waals surface area contributed by atoms with E-state index < -0.39 is 54.3 Å². The lowest BCUT2D eigenvalue weighted by Crippen LogP contribution is -2.38. The van der Waals surface area contributed by atoms with Gasteiger partial charge in [-0.3, -0.25) is 23.4 Å². The van der Waals surface area contributed by atoms with Crippen molar-refractivity contribution in [3.8, 4) is 11.5 Å². The number of hydrogen-bond donors (Lipinski definition) is 2. The number of aromatic amines is 1. The average molecular weight is 829 g/mol. The summed E-state index contributed by atoms with van der Waals surface area (Å²) in [6.07, 6.45) is -2.43. The summed E-state index contributed by atoms with van der Waals surface area (Å²) in [5.41, 5.74) is 0.574. The molecule has 2 saturated heterocycles. The SMILES string of the molecule is B[C@H]1C[C@@H](OP(=O)(OC[C@H]2O[C@@H](n3cc(C)c(=O)[nH]c3=O)C[C@H]2O)Sc2ccccc2)[C@@H](COC(c2ccccc2)(c2ccc(OC)cc2)c2ccc(OC)cc2)O1. The third-order valence-electron chi connectivity index (χ3n) is 10.3. The smallest absolute Gasteiger partial charge is 0.394 e. The van der Waals surface area contributed by atoms with Gasteiger partial charge in [-0.1, -0.05) is 72.8 Å². The molecule has 13 nitrogen and oxygen atoms in total. The summed E-state index contributed by atoms with van der Waals surface area (Å²) < 4.78 is 59.4. The van der Waals surface area contributed by atoms with Gasteiger partial charge in [-0.15, -0.1) is 0 Å². The van der Waals surface area contributed by atoms with Crippen molar-refractivity contribution >= 4 is 26.0 Å². The molecule has 2 N–H and O–H groups in total. The van der Waals surface area contributed by atoms with Crippen LogP contribution in [0.4, 0.5) is 0 Å². The van der Waals surface area contributed by atoms with Crippen LogP contribution < -0.4 is 20.7 Å². The summed E-state index contributed by atoms with van der Waals surface area (Å²) in [6, 6.07) is 34.2. The third-order valence-corrected chi connectivity index (χ3v) is 13.9. The van der Waals surface area contributed by atoms with Crippen LogP contribution in [0.1, 0.15) is 41.3 Å². The maximum absolute atomic E-state index is 14.9. The van der Waals surface area contributed by atoms with E-state index in [9.17, 15) is 19.3 Å². The average Bonchev–Trinajstić information content (AvgIpc) is 3.79. The fourth-order valence-corrected chi connectivity index (χ4v) is 10.8. The van der Waals surface area contributed by atoms with Crippen molar-refractivity contribution in [3.63, 3.8) is 0 Å². The molecular weight excluding hydrogens is 782 g/mol. The molecule has 0 bridgehead atoms. The minimum atomic E-state index is -4.06. The number of aryl methyl sites for hydroxylation is 1. The van der Waals surface area contributed by atoms with Gasteiger partial charge in [0, 0.05) is 29.1 Å². The van der Waals surface area contributed by atoms with E-state index >= 15 is 0 Å². The summed E-state index contributed by atoms with van der Waals surface area (Å²) >= 11 is 0.949. The van der Waals surface area contributed by atoms with Gasteiger partial charge in [-0.05, 0) is 77.8 Å². The number of benzene rings is 4. The van der Waals surface area contributed by atoms with Crippen molar-refractivity contribution in [1.29, 1.82) is 0 Å². The molecule has 1 aromatic heterocycles. The van der Waals surface area contributed by atoms with Crippen molar-refractivity contribution in [2.45, 2.75) is 66.9 Å². The Bertz CT molecular complexity index is 2250. The summed E-state index contributed by atoms with van der Waals surface area (Å²) in [7, 11) is 5.16. The molecule has 304 valence electrons. The molecule has 16 heteroatoms. The fraction of sp³-hybridized carbons (Fsp3) is 0.333. The highest BCUT2D eigenvalue weighted by Crippen LogP contribution is 2.65. The van der Waals surface area contributed by atoms with Crippen molar-refractivity contribution < 1.29 is 42.4 Å². The monoisotopic (exact) mass is 828 g/mol. The Morgan fingerprint density at radius 3 is 2.02 bits per heavy atom. The zero-order valence-electron chi connectivity index (χ0n) is 32.6. The third kappa shape index (κ3) is 9.22. The fourth-order valence-electron chi connectivity index (χ4n) is 7.31. The second-order valence-corrected chi connectivity index (χ2v) is 18.1. The summed E-state index contributed by atoms with van der Waals surface area (Å²) in [5, 5.41) is 11.0. The molecule has 7 atom stereocenters. The minimum absolute atomic E-state index is 0.0391. The number of aliphatic hydroxyl groups excluding tert-OH is 1. The molecule has 58 heavy (non-hydrogen) atoms. The largest absolute Gasteiger partial charge is 0.497 e. The highest BCUT2D eigenvalue weighted by Gasteiger charge is 2.45. The van der Waals surface area contributed by atoms with Crippen LogP contribution in [0.2, 0.25) is 0 Å². The van der Waals surface area contributed by atoms with E-state index in [0.29, 0.717) is 28.4 Å². The van der Waals surface area contributed by atoms with Crippen molar-refractivity contribution in [1.82, 2.24) is 9.55 Å². The maximum atomic E-state index is 14.9. The zero-order chi connectivity index (χ0) is 40.9. The van der Waals surface area contributed by atoms with Gasteiger partial charge in [-0.25, -0.2) is 9.36 Å². The van der Waals surface area contributed by atoms with Crippen LogP contribution in [0, 0.1) is 6.92 Å². The van der Waals surface area contributed by atoms with Crippen LogP contribution >= 0.6 is 18.2 Å². The predicted octanol–water partition coefficient (Wildman–Crippen LogP) is 5.57. The van der Waals surface area contributed by atoms with Gasteiger partial charge in [0.25, 0.3) is 5.56 Å². The summed E-state index contributed by atoms with van der Waals surface area (Å²) in [4.78, 5) is 27.5. The Morgan fingerprint density at radius 2 is 1.41 bits per heavy atom. The van der Waals surface area contributed by atoms with Gasteiger partial charge in [0.1, 0.15) is 43.4 Å². The maximum Gasteiger partial charge on any atom is 0.394 e. The van der Waals surface area contributed by atoms with Crippen LogP contribution in [0.3, 0.4) is 0 Å². The molecule has 4 aromatic carbocycles. The Kier molecular flexibility index (Phi) is 13.1. The number of hydrogen-bond acceptors (Lipinski definition) is 12. The molecule has 0 radical (unpaired) electrons. The first-order chi connectivity index (χ1) is 28.0. The molecular formula is C42H46BN2O11PS. The minimum Gasteiger partial charge on any atom is -0.497 e. The van der Waals surface area contributed by atoms with Crippen molar-refractivity contribution in [2.75, 3.05) is 27.4 Å². The number of nitrogens with zero attached hydrogens (tertiary/aromatic N) is 1. The van der Waals surface area contributed by atoms with Crippen LogP contribution in [-0.4, -0.2) is 80.4 Å². The van der Waals surface area contributed by atoms with Gasteiger partial charge in [0.05, 0.1) is 39.6 Å². The van der Waals surface area contributed by atoms with Crippen LogP contribution in [-0.2, 0) is 33.4 Å². The molecule has 0 saturated carbocycles. The van der Waals surface area contributed by atoms with Crippen LogP contribution in [0.25, 0.3) is 0 Å². The summed E-state index contributed by atoms with van der Waals surface area (Å²) in [5.74, 6) is 1.39. The van der Waals surface area contributed by atoms with Crippen molar-refractivity contribution in [3.05, 3.63) is 158 Å². The quantitative estimate of drug-likeness (QED) is 0.0726. The van der Waals surface area contributed by atoms with E-state index in [1.807, 2.05) is 105 Å². The zero-order valence-corrected chi connectivity index (χ0v) is 34.3. The number of nitrogens with one attached hydrogen (secondary N) is 1. The highest BCUT2D eigenvalue weighted by molar-refractivity contribution is 8.55. The van der Waals surface area contributed by atoms with E-state index in [4.69, 9.17) is 32.7 Å². The molecule has 5 aromatic rings. The van der Waals surface area contributed by atoms with Crippen LogP contribution in [0.5, 0.6) is 11.5 Å².